The number of rotatable bonds is 3. The van der Waals surface area contributed by atoms with Crippen LogP contribution in [0.4, 0.5) is 16.4 Å². The van der Waals surface area contributed by atoms with Gasteiger partial charge in [-0.25, -0.2) is 13.6 Å². The molecule has 0 aliphatic heterocycles. The lowest BCUT2D eigenvalue weighted by atomic mass is 10.2. The van der Waals surface area contributed by atoms with Crippen LogP contribution in [-0.4, -0.2) is 23.8 Å². The molecule has 1 amide bonds. The molecule has 0 radical (unpaired) electrons. The molecule has 28 heavy (non-hydrogen) atoms. The van der Waals surface area contributed by atoms with E-state index in [0.29, 0.717) is 28.0 Å². The van der Waals surface area contributed by atoms with Crippen molar-refractivity contribution < 1.29 is 18.3 Å². The summed E-state index contributed by atoms with van der Waals surface area (Å²) in [6, 6.07) is 7.30. The number of halogens is 1. The van der Waals surface area contributed by atoms with Crippen molar-refractivity contribution in [1.82, 2.24) is 4.37 Å². The van der Waals surface area contributed by atoms with Crippen LogP contribution in [0.5, 0.6) is 5.75 Å². The number of hydrogen-bond acceptors (Lipinski definition) is 8. The van der Waals surface area contributed by atoms with Crippen LogP contribution < -0.4 is 21.9 Å². The summed E-state index contributed by atoms with van der Waals surface area (Å²) in [5.41, 5.74) is 12.4. The Morgan fingerprint density at radius 2 is 1.96 bits per heavy atom. The average molecular weight is 444 g/mol. The summed E-state index contributed by atoms with van der Waals surface area (Å²) >= 11 is 6.79. The van der Waals surface area contributed by atoms with E-state index in [9.17, 15) is 18.3 Å². The highest BCUT2D eigenvalue weighted by Crippen LogP contribution is 2.34. The smallest absolute Gasteiger partial charge is 0.238 e. The van der Waals surface area contributed by atoms with Gasteiger partial charge in [0, 0.05) is 17.5 Å². The molecule has 9 nitrogen and oxygen atoms in total. The van der Waals surface area contributed by atoms with Gasteiger partial charge in [0.05, 0.1) is 21.1 Å². The molecule has 12 heteroatoms. The zero-order chi connectivity index (χ0) is 21.1. The van der Waals surface area contributed by atoms with Crippen molar-refractivity contribution in [2.45, 2.75) is 18.2 Å². The maximum atomic E-state index is 11.0. The van der Waals surface area contributed by atoms with Crippen LogP contribution in [0.15, 0.2) is 35.2 Å². The first kappa shape index (κ1) is 21.7. The number of aromatic nitrogens is 1. The van der Waals surface area contributed by atoms with Crippen LogP contribution in [-0.2, 0) is 14.8 Å². The number of benzene rings is 2. The largest absolute Gasteiger partial charge is 0.504 e. The van der Waals surface area contributed by atoms with Gasteiger partial charge < -0.3 is 21.9 Å². The zero-order valence-corrected chi connectivity index (χ0v) is 17.0. The molecule has 3 rings (SSSR count). The van der Waals surface area contributed by atoms with E-state index in [1.165, 1.54) is 24.3 Å². The number of carbonyl (C=O) groups excluding carboxylic acids is 1. The number of aromatic hydroxyl groups is 1. The van der Waals surface area contributed by atoms with Crippen molar-refractivity contribution in [2.24, 2.45) is 5.14 Å². The summed E-state index contributed by atoms with van der Waals surface area (Å²) < 4.78 is 26.1. The highest BCUT2D eigenvalue weighted by molar-refractivity contribution is 7.89. The quantitative estimate of drug-likeness (QED) is 0.234. The summed E-state index contributed by atoms with van der Waals surface area (Å²) in [7, 11) is -3.67. The number of phenols is 1. The van der Waals surface area contributed by atoms with Gasteiger partial charge in [0.15, 0.2) is 5.75 Å². The van der Waals surface area contributed by atoms with E-state index in [2.05, 4.69) is 9.69 Å². The van der Waals surface area contributed by atoms with Gasteiger partial charge in [-0.2, -0.15) is 4.37 Å². The Morgan fingerprint density at radius 3 is 2.57 bits per heavy atom. The Balaban J connectivity index is 0.000000200. The zero-order valence-electron chi connectivity index (χ0n) is 14.6. The predicted molar refractivity (Wildman–Crippen MR) is 112 cm³/mol. The molecular weight excluding hydrogens is 426 g/mol. The van der Waals surface area contributed by atoms with Gasteiger partial charge in [-0.3, -0.25) is 4.79 Å². The Labute approximate surface area is 170 Å². The molecule has 150 valence electrons. The number of amides is 1. The molecule has 0 aliphatic carbocycles. The summed E-state index contributed by atoms with van der Waals surface area (Å²) in [5, 5.41) is 18.2. The van der Waals surface area contributed by atoms with Gasteiger partial charge in [0.2, 0.25) is 15.9 Å². The van der Waals surface area contributed by atoms with Gasteiger partial charge in [-0.15, -0.1) is 0 Å². The van der Waals surface area contributed by atoms with E-state index in [-0.39, 0.29) is 27.3 Å². The molecule has 0 aliphatic rings. The van der Waals surface area contributed by atoms with Crippen molar-refractivity contribution in [3.8, 4) is 5.75 Å². The number of nitrogens with one attached hydrogen (secondary N) is 1. The average Bonchev–Trinajstić information content (AvgIpc) is 2.99. The van der Waals surface area contributed by atoms with Crippen molar-refractivity contribution >= 4 is 66.3 Å². The van der Waals surface area contributed by atoms with Gasteiger partial charge in [0.1, 0.15) is 5.00 Å². The van der Waals surface area contributed by atoms with Crippen molar-refractivity contribution in [1.29, 1.82) is 0 Å². The Bertz CT molecular complexity index is 1130. The molecule has 3 aromatic rings. The van der Waals surface area contributed by atoms with Gasteiger partial charge in [-0.05, 0) is 41.9 Å². The summed E-state index contributed by atoms with van der Waals surface area (Å²) in [5.74, 6) is -0.371. The Kier molecular flexibility index (Phi) is 6.67. The monoisotopic (exact) mass is 443 g/mol. The highest BCUT2D eigenvalue weighted by Gasteiger charge is 2.11. The number of phenolic OH excluding ortho intramolecular Hbond substituents is 1. The number of sulfonamides is 1. The predicted octanol–water partition coefficient (Wildman–Crippen LogP) is 2.50. The first-order chi connectivity index (χ1) is 13.0. The van der Waals surface area contributed by atoms with E-state index in [1.54, 1.807) is 13.0 Å². The minimum absolute atomic E-state index is 0.0527. The first-order valence-electron chi connectivity index (χ1n) is 7.78. The maximum absolute atomic E-state index is 11.0. The number of fused-ring (bicyclic) bond motifs is 1. The number of nitrogen functional groups attached to an aromatic ring is 2. The number of carbonyl (C=O) groups is 1. The second-order valence-corrected chi connectivity index (χ2v) is 8.35. The number of primary sulfonamides is 1. The second-order valence-electron chi connectivity index (χ2n) is 5.57. The molecule has 2 aromatic carbocycles. The topological polar surface area (TPSA) is 174 Å². The molecule has 8 N–H and O–H groups in total. The number of hydrogen-bond donors (Lipinski definition) is 5. The van der Waals surface area contributed by atoms with Gasteiger partial charge in [0.25, 0.3) is 0 Å². The Morgan fingerprint density at radius 1 is 1.29 bits per heavy atom. The number of anilines is 3. The fraction of sp³-hybridized carbons (Fsp3) is 0.125. The highest BCUT2D eigenvalue weighted by atomic mass is 35.5. The SMILES string of the molecule is CCC(=O)Nc1cc(N)cc(Cl)c1O.Nc1snc2ccc(S(N)(=O)=O)cc12. The lowest BCUT2D eigenvalue weighted by Gasteiger charge is -2.08. The molecule has 0 spiro atoms. The standard InChI is InChI=1S/C9H11ClN2O2.C7H7N3O2S2/c1-2-8(13)12-7-4-5(11)3-6(10)9(7)14;8-7-5-3-4(14(9,11)12)1-2-6(5)10-13-7/h3-4,14H,2,11H2,1H3,(H,12,13);1-3H,8H2,(H2,9,11,12). The molecule has 0 fully saturated rings. The van der Waals surface area contributed by atoms with Crippen LogP contribution in [0, 0.1) is 0 Å². The third-order valence-electron chi connectivity index (χ3n) is 3.49. The van der Waals surface area contributed by atoms with Gasteiger partial charge >= 0.3 is 0 Å². The van der Waals surface area contributed by atoms with Crippen LogP contribution in [0.2, 0.25) is 5.02 Å². The molecule has 0 saturated heterocycles. The normalized spacial score (nSPS) is 11.0. The van der Waals surface area contributed by atoms with Crippen LogP contribution >= 0.6 is 23.1 Å². The number of nitrogens with two attached hydrogens (primary N) is 3. The van der Waals surface area contributed by atoms with Crippen molar-refractivity contribution in [2.75, 3.05) is 16.8 Å². The summed E-state index contributed by atoms with van der Waals surface area (Å²) in [6.45, 7) is 1.71. The second kappa shape index (κ2) is 8.61. The van der Waals surface area contributed by atoms with Crippen molar-refractivity contribution in [3.63, 3.8) is 0 Å². The third kappa shape index (κ3) is 5.23. The fourth-order valence-electron chi connectivity index (χ4n) is 2.07. The molecule has 0 saturated carbocycles. The maximum Gasteiger partial charge on any atom is 0.238 e. The fourth-order valence-corrected chi connectivity index (χ4v) is 3.46. The van der Waals surface area contributed by atoms with E-state index in [4.69, 9.17) is 28.2 Å². The van der Waals surface area contributed by atoms with Crippen LogP contribution in [0.3, 0.4) is 0 Å². The molecule has 0 unspecified atom stereocenters. The minimum atomic E-state index is -3.67. The van der Waals surface area contributed by atoms with E-state index >= 15 is 0 Å². The van der Waals surface area contributed by atoms with E-state index in [1.807, 2.05) is 0 Å². The van der Waals surface area contributed by atoms with E-state index < -0.39 is 10.0 Å². The minimum Gasteiger partial charge on any atom is -0.504 e. The Hall–Kier alpha value is -2.60. The lowest BCUT2D eigenvalue weighted by Crippen LogP contribution is -2.11. The van der Waals surface area contributed by atoms with Crippen LogP contribution in [0.25, 0.3) is 10.9 Å². The third-order valence-corrected chi connectivity index (χ3v) is 5.39. The molecular formula is C16H18ClN5O4S2. The molecule has 0 bridgehead atoms. The summed E-state index contributed by atoms with van der Waals surface area (Å²) in [4.78, 5) is 11.1. The molecule has 0 atom stereocenters. The van der Waals surface area contributed by atoms with Crippen molar-refractivity contribution in [3.05, 3.63) is 35.4 Å². The molecule has 1 heterocycles. The van der Waals surface area contributed by atoms with E-state index in [0.717, 1.165) is 11.5 Å². The van der Waals surface area contributed by atoms with Gasteiger partial charge in [-0.1, -0.05) is 18.5 Å². The number of nitrogens with zero attached hydrogens (tertiary/aromatic N) is 1. The van der Waals surface area contributed by atoms with Crippen LogP contribution in [0.1, 0.15) is 13.3 Å². The lowest BCUT2D eigenvalue weighted by molar-refractivity contribution is -0.115. The molecule has 1 aromatic heterocycles. The first-order valence-corrected chi connectivity index (χ1v) is 10.5. The summed E-state index contributed by atoms with van der Waals surface area (Å²) in [6.07, 6.45) is 0.325.